The van der Waals surface area contributed by atoms with Gasteiger partial charge in [0.05, 0.1) is 16.8 Å². The van der Waals surface area contributed by atoms with E-state index in [-0.39, 0.29) is 5.56 Å². The van der Waals surface area contributed by atoms with E-state index < -0.39 is 17.6 Å². The quantitative estimate of drug-likeness (QED) is 0.780. The van der Waals surface area contributed by atoms with Gasteiger partial charge in [0.1, 0.15) is 6.61 Å². The van der Waals surface area contributed by atoms with Crippen LogP contribution < -0.4 is 4.74 Å². The van der Waals surface area contributed by atoms with Crippen LogP contribution in [0.3, 0.4) is 0 Å². The molecule has 3 rings (SSSR count). The van der Waals surface area contributed by atoms with Gasteiger partial charge >= 0.3 is 6.18 Å². The molecule has 0 saturated carbocycles. The van der Waals surface area contributed by atoms with Crippen molar-refractivity contribution < 1.29 is 22.7 Å². The van der Waals surface area contributed by atoms with Crippen molar-refractivity contribution in [1.29, 1.82) is 0 Å². The lowest BCUT2D eigenvalue weighted by molar-refractivity contribution is -0.138. The van der Waals surface area contributed by atoms with E-state index in [1.54, 1.807) is 6.07 Å². The van der Waals surface area contributed by atoms with Crippen molar-refractivity contribution in [1.82, 2.24) is 20.0 Å². The second-order valence-electron chi connectivity index (χ2n) is 6.54. The Morgan fingerprint density at radius 2 is 1.79 bits per heavy atom. The molecule has 1 aromatic heterocycles. The van der Waals surface area contributed by atoms with Crippen LogP contribution in [0, 0.1) is 6.92 Å². The van der Waals surface area contributed by atoms with Crippen molar-refractivity contribution in [2.45, 2.75) is 13.1 Å². The summed E-state index contributed by atoms with van der Waals surface area (Å²) >= 11 is 0. The predicted molar refractivity (Wildman–Crippen MR) is 96.1 cm³/mol. The Morgan fingerprint density at radius 1 is 1.07 bits per heavy atom. The lowest BCUT2D eigenvalue weighted by Crippen LogP contribution is -2.49. The number of alkyl halides is 3. The number of ether oxygens (including phenoxy) is 1. The Labute approximate surface area is 160 Å². The van der Waals surface area contributed by atoms with E-state index in [9.17, 15) is 18.0 Å². The van der Waals surface area contributed by atoms with E-state index in [1.807, 2.05) is 13.0 Å². The first-order valence-electron chi connectivity index (χ1n) is 8.95. The average Bonchev–Trinajstić information content (AvgIpc) is 2.69. The lowest BCUT2D eigenvalue weighted by atomic mass is 10.1. The highest BCUT2D eigenvalue weighted by atomic mass is 19.4. The van der Waals surface area contributed by atoms with Crippen LogP contribution in [0.5, 0.6) is 5.88 Å². The summed E-state index contributed by atoms with van der Waals surface area (Å²) in [6.45, 7) is 4.78. The molecular weight excluding hydrogens is 373 g/mol. The van der Waals surface area contributed by atoms with Gasteiger partial charge in [-0.1, -0.05) is 12.1 Å². The van der Waals surface area contributed by atoms with Crippen molar-refractivity contribution in [3.05, 3.63) is 53.2 Å². The molecule has 1 amide bonds. The Bertz CT molecular complexity index is 804. The molecule has 9 heteroatoms. The zero-order valence-corrected chi connectivity index (χ0v) is 15.4. The standard InChI is InChI=1S/C19H21F3N4O2/c1-14-6-7-17(24-23-14)28-13-12-25-8-10-26(11-9-25)18(27)15-4-2-3-5-16(15)19(20,21)22/h2-7H,8-13H2,1H3. The van der Waals surface area contributed by atoms with Gasteiger partial charge in [0.15, 0.2) is 0 Å². The zero-order valence-electron chi connectivity index (χ0n) is 15.4. The summed E-state index contributed by atoms with van der Waals surface area (Å²) in [6, 6.07) is 8.46. The van der Waals surface area contributed by atoms with Crippen molar-refractivity contribution >= 4 is 5.91 Å². The summed E-state index contributed by atoms with van der Waals surface area (Å²) < 4.78 is 45.0. The van der Waals surface area contributed by atoms with Gasteiger partial charge < -0.3 is 9.64 Å². The van der Waals surface area contributed by atoms with Gasteiger partial charge in [0.25, 0.3) is 5.91 Å². The van der Waals surface area contributed by atoms with Crippen LogP contribution in [0.1, 0.15) is 21.6 Å². The van der Waals surface area contributed by atoms with E-state index in [4.69, 9.17) is 4.74 Å². The van der Waals surface area contributed by atoms with Gasteiger partial charge in [-0.25, -0.2) is 0 Å². The Balaban J connectivity index is 1.50. The minimum absolute atomic E-state index is 0.301. The minimum Gasteiger partial charge on any atom is -0.475 e. The van der Waals surface area contributed by atoms with E-state index in [2.05, 4.69) is 15.1 Å². The molecule has 1 aliphatic rings. The van der Waals surface area contributed by atoms with Crippen LogP contribution in [-0.4, -0.2) is 65.2 Å². The molecule has 2 heterocycles. The summed E-state index contributed by atoms with van der Waals surface area (Å²) in [6.07, 6.45) is -4.55. The highest BCUT2D eigenvalue weighted by Crippen LogP contribution is 2.32. The number of halogens is 3. The highest BCUT2D eigenvalue weighted by Gasteiger charge is 2.36. The molecule has 0 N–H and O–H groups in total. The van der Waals surface area contributed by atoms with Crippen LogP contribution in [0.25, 0.3) is 0 Å². The summed E-state index contributed by atoms with van der Waals surface area (Å²) in [4.78, 5) is 16.1. The van der Waals surface area contributed by atoms with E-state index >= 15 is 0 Å². The van der Waals surface area contributed by atoms with Crippen LogP contribution in [0.2, 0.25) is 0 Å². The van der Waals surface area contributed by atoms with Crippen LogP contribution in [-0.2, 0) is 6.18 Å². The van der Waals surface area contributed by atoms with Crippen molar-refractivity contribution in [3.8, 4) is 5.88 Å². The fourth-order valence-electron chi connectivity index (χ4n) is 3.00. The smallest absolute Gasteiger partial charge is 0.417 e. The number of carbonyl (C=O) groups excluding carboxylic acids is 1. The first-order chi connectivity index (χ1) is 13.3. The fourth-order valence-corrected chi connectivity index (χ4v) is 3.00. The van der Waals surface area contributed by atoms with E-state index in [0.717, 1.165) is 11.8 Å². The summed E-state index contributed by atoms with van der Waals surface area (Å²) in [5, 5.41) is 7.84. The van der Waals surface area contributed by atoms with Gasteiger partial charge in [-0.05, 0) is 25.1 Å². The maximum atomic E-state index is 13.1. The van der Waals surface area contributed by atoms with Gasteiger partial charge in [-0.2, -0.15) is 18.3 Å². The molecule has 0 bridgehead atoms. The predicted octanol–water partition coefficient (Wildman–Crippen LogP) is 2.64. The molecule has 2 aromatic rings. The monoisotopic (exact) mass is 394 g/mol. The maximum absolute atomic E-state index is 13.1. The highest BCUT2D eigenvalue weighted by molar-refractivity contribution is 5.96. The zero-order chi connectivity index (χ0) is 20.1. The molecule has 0 atom stereocenters. The topological polar surface area (TPSA) is 58.6 Å². The Morgan fingerprint density at radius 3 is 2.43 bits per heavy atom. The molecule has 0 unspecified atom stereocenters. The van der Waals surface area contributed by atoms with Gasteiger partial charge in [0, 0.05) is 38.8 Å². The molecule has 0 spiro atoms. The molecular formula is C19H21F3N4O2. The molecule has 0 aliphatic carbocycles. The number of hydrogen-bond donors (Lipinski definition) is 0. The fraction of sp³-hybridized carbons (Fsp3) is 0.421. The number of piperazine rings is 1. The van der Waals surface area contributed by atoms with E-state index in [1.165, 1.54) is 23.1 Å². The Kier molecular flexibility index (Phi) is 6.13. The third-order valence-electron chi connectivity index (χ3n) is 4.55. The number of rotatable bonds is 5. The van der Waals surface area contributed by atoms with Gasteiger partial charge in [0.2, 0.25) is 5.88 Å². The number of nitrogens with zero attached hydrogens (tertiary/aromatic N) is 4. The summed E-state index contributed by atoms with van der Waals surface area (Å²) in [5.41, 5.74) is -0.389. The molecule has 1 saturated heterocycles. The number of amides is 1. The second kappa shape index (κ2) is 8.55. The minimum atomic E-state index is -4.55. The van der Waals surface area contributed by atoms with Crippen molar-refractivity contribution in [2.24, 2.45) is 0 Å². The molecule has 28 heavy (non-hydrogen) atoms. The molecule has 150 valence electrons. The lowest BCUT2D eigenvalue weighted by Gasteiger charge is -2.35. The molecule has 0 radical (unpaired) electrons. The van der Waals surface area contributed by atoms with Crippen molar-refractivity contribution in [3.63, 3.8) is 0 Å². The molecule has 6 nitrogen and oxygen atoms in total. The first kappa shape index (κ1) is 20.1. The van der Waals surface area contributed by atoms with E-state index in [0.29, 0.717) is 45.2 Å². The average molecular weight is 394 g/mol. The van der Waals surface area contributed by atoms with Crippen LogP contribution in [0.4, 0.5) is 13.2 Å². The number of benzene rings is 1. The maximum Gasteiger partial charge on any atom is 0.417 e. The van der Waals surface area contributed by atoms with Crippen molar-refractivity contribution in [2.75, 3.05) is 39.3 Å². The largest absolute Gasteiger partial charge is 0.475 e. The van der Waals surface area contributed by atoms with Gasteiger partial charge in [-0.3, -0.25) is 9.69 Å². The third-order valence-corrected chi connectivity index (χ3v) is 4.55. The summed E-state index contributed by atoms with van der Waals surface area (Å²) in [5.74, 6) is -0.137. The third kappa shape index (κ3) is 4.98. The SMILES string of the molecule is Cc1ccc(OCCN2CCN(C(=O)c3ccccc3C(F)(F)F)CC2)nn1. The van der Waals surface area contributed by atoms with Gasteiger partial charge in [-0.15, -0.1) is 5.10 Å². The number of hydrogen-bond acceptors (Lipinski definition) is 5. The Hall–Kier alpha value is -2.68. The summed E-state index contributed by atoms with van der Waals surface area (Å²) in [7, 11) is 0. The first-order valence-corrected chi connectivity index (χ1v) is 8.95. The molecule has 1 aliphatic heterocycles. The molecule has 1 fully saturated rings. The van der Waals surface area contributed by atoms with Crippen LogP contribution in [0.15, 0.2) is 36.4 Å². The number of carbonyl (C=O) groups is 1. The number of aryl methyl sites for hydroxylation is 1. The second-order valence-corrected chi connectivity index (χ2v) is 6.54. The normalized spacial score (nSPS) is 15.5. The number of aromatic nitrogens is 2. The molecule has 1 aromatic carbocycles. The van der Waals surface area contributed by atoms with Crippen LogP contribution >= 0.6 is 0 Å².